The second kappa shape index (κ2) is 17.4. The summed E-state index contributed by atoms with van der Waals surface area (Å²) in [5.41, 5.74) is 18.8. The van der Waals surface area contributed by atoms with Crippen LogP contribution in [0.2, 0.25) is 0 Å². The molecule has 0 aromatic heterocycles. The summed E-state index contributed by atoms with van der Waals surface area (Å²) in [6, 6.07) is 93.6. The summed E-state index contributed by atoms with van der Waals surface area (Å²) in [5, 5.41) is 2.43. The Morgan fingerprint density at radius 2 is 0.882 bits per heavy atom. The van der Waals surface area contributed by atoms with E-state index >= 15 is 0 Å². The number of hydrogen-bond acceptors (Lipinski definition) is 2. The minimum Gasteiger partial charge on any atom is -0.313 e. The Morgan fingerprint density at radius 3 is 1.49 bits per heavy atom. The molecule has 0 aliphatic heterocycles. The van der Waals surface area contributed by atoms with Crippen molar-refractivity contribution >= 4 is 44.8 Å². The van der Waals surface area contributed by atoms with Gasteiger partial charge in [-0.25, -0.2) is 0 Å². The van der Waals surface area contributed by atoms with Gasteiger partial charge in [0.05, 0.1) is 11.1 Å². The van der Waals surface area contributed by atoms with Crippen molar-refractivity contribution in [2.24, 2.45) is 5.92 Å². The lowest BCUT2D eigenvalue weighted by molar-refractivity contribution is 0.716. The molecule has 10 aromatic rings. The van der Waals surface area contributed by atoms with Gasteiger partial charge in [0.15, 0.2) is 0 Å². The Morgan fingerprint density at radius 1 is 0.397 bits per heavy atom. The van der Waals surface area contributed by atoms with E-state index in [1.54, 1.807) is 0 Å². The Kier molecular flexibility index (Phi) is 10.5. The zero-order valence-electron chi connectivity index (χ0n) is 38.1. The third kappa shape index (κ3) is 6.96. The van der Waals surface area contributed by atoms with Crippen LogP contribution in [0.15, 0.2) is 273 Å². The number of anilines is 5. The summed E-state index contributed by atoms with van der Waals surface area (Å²) in [4.78, 5) is 5.00. The van der Waals surface area contributed by atoms with Gasteiger partial charge in [0.2, 0.25) is 0 Å². The van der Waals surface area contributed by atoms with Crippen molar-refractivity contribution < 1.29 is 0 Å². The van der Waals surface area contributed by atoms with E-state index in [1.807, 2.05) is 0 Å². The number of nitrogens with zero attached hydrogens (tertiary/aromatic N) is 2. The Bertz CT molecular complexity index is 3410. The molecule has 0 heterocycles. The molecule has 12 rings (SSSR count). The van der Waals surface area contributed by atoms with Gasteiger partial charge in [0.1, 0.15) is 0 Å². The molecule has 1 unspecified atom stereocenters. The van der Waals surface area contributed by atoms with Crippen molar-refractivity contribution in [3.05, 3.63) is 300 Å². The van der Waals surface area contributed by atoms with Crippen LogP contribution >= 0.6 is 0 Å². The van der Waals surface area contributed by atoms with Gasteiger partial charge in [-0.2, -0.15) is 0 Å². The van der Waals surface area contributed by atoms with Gasteiger partial charge in [-0.15, -0.1) is 0 Å². The zero-order valence-corrected chi connectivity index (χ0v) is 38.1. The van der Waals surface area contributed by atoms with E-state index in [-0.39, 0.29) is 0 Å². The Labute approximate surface area is 400 Å². The summed E-state index contributed by atoms with van der Waals surface area (Å²) in [6.07, 6.45) is 5.63. The average molecular weight is 871 g/mol. The maximum atomic E-state index is 2.59. The molecule has 0 amide bonds. The van der Waals surface area contributed by atoms with E-state index < -0.39 is 5.41 Å². The molecule has 2 nitrogen and oxygen atoms in total. The minimum atomic E-state index is -0.668. The quantitative estimate of drug-likeness (QED) is 0.135. The second-order valence-electron chi connectivity index (χ2n) is 18.1. The highest BCUT2D eigenvalue weighted by Gasteiger charge is 2.48. The van der Waals surface area contributed by atoms with Gasteiger partial charge < -0.3 is 9.80 Å². The molecule has 324 valence electrons. The summed E-state index contributed by atoms with van der Waals surface area (Å²) >= 11 is 0. The molecule has 0 radical (unpaired) electrons. The van der Waals surface area contributed by atoms with Crippen LogP contribution in [0.4, 0.5) is 28.4 Å². The van der Waals surface area contributed by atoms with Crippen LogP contribution in [-0.2, 0) is 5.41 Å². The molecule has 10 aromatic carbocycles. The summed E-state index contributed by atoms with van der Waals surface area (Å²) < 4.78 is 0. The predicted octanol–water partition coefficient (Wildman–Crippen LogP) is 17.5. The van der Waals surface area contributed by atoms with Crippen LogP contribution in [0, 0.1) is 5.92 Å². The molecule has 1 atom stereocenters. The van der Waals surface area contributed by atoms with Crippen molar-refractivity contribution in [3.63, 3.8) is 0 Å². The highest BCUT2D eigenvalue weighted by atomic mass is 15.2. The minimum absolute atomic E-state index is 0.305. The van der Waals surface area contributed by atoms with Crippen LogP contribution in [0.3, 0.4) is 0 Å². The highest BCUT2D eigenvalue weighted by Crippen LogP contribution is 2.62. The van der Waals surface area contributed by atoms with Gasteiger partial charge >= 0.3 is 0 Å². The maximum Gasteiger partial charge on any atom is 0.0715 e. The van der Waals surface area contributed by atoms with Gasteiger partial charge in [-0.05, 0) is 128 Å². The molecule has 0 spiro atoms. The van der Waals surface area contributed by atoms with Crippen molar-refractivity contribution in [3.8, 4) is 22.3 Å². The SMILES string of the molecule is CC1CC(N(c2ccccc2)c2c3c(cc4ccccc24)C(c2ccccc2)(c2ccccc2)c2cc(N(c4ccccc4)c4ccc(-c5ccccc5)cc4)ccc2-3)=CC=C1c1ccccc1. The van der Waals surface area contributed by atoms with Crippen molar-refractivity contribution in [1.82, 2.24) is 0 Å². The van der Waals surface area contributed by atoms with E-state index in [9.17, 15) is 0 Å². The van der Waals surface area contributed by atoms with Crippen molar-refractivity contribution in [2.75, 3.05) is 9.80 Å². The molecule has 0 fully saturated rings. The van der Waals surface area contributed by atoms with Crippen LogP contribution in [0.25, 0.3) is 38.6 Å². The third-order valence-corrected chi connectivity index (χ3v) is 14.2. The molecular formula is C66H50N2. The summed E-state index contributed by atoms with van der Waals surface area (Å²) in [5.74, 6) is 0.305. The molecule has 0 saturated carbocycles. The van der Waals surface area contributed by atoms with Gasteiger partial charge in [-0.3, -0.25) is 0 Å². The fourth-order valence-corrected chi connectivity index (χ4v) is 11.1. The lowest BCUT2D eigenvalue weighted by Crippen LogP contribution is -2.29. The van der Waals surface area contributed by atoms with Crippen LogP contribution in [-0.4, -0.2) is 0 Å². The Hall–Kier alpha value is -8.46. The largest absolute Gasteiger partial charge is 0.313 e. The first-order valence-electron chi connectivity index (χ1n) is 23.8. The molecular weight excluding hydrogens is 821 g/mol. The van der Waals surface area contributed by atoms with Crippen LogP contribution < -0.4 is 9.80 Å². The lowest BCUT2D eigenvalue weighted by atomic mass is 9.67. The first-order valence-corrected chi connectivity index (χ1v) is 23.8. The Balaban J connectivity index is 1.16. The molecule has 2 aliphatic rings. The third-order valence-electron chi connectivity index (χ3n) is 14.2. The lowest BCUT2D eigenvalue weighted by Gasteiger charge is -2.36. The van der Waals surface area contributed by atoms with Gasteiger partial charge in [0.25, 0.3) is 0 Å². The standard InChI is InChI=1S/C66H50N2/c1-47-44-57(40-42-59(47)50-24-10-3-11-25-50)68(55-33-18-7-19-34-55)65-60-35-21-20-26-51(60)45-63-64(65)61-43-41-58(46-62(61)66(63,52-27-12-4-13-28-52)53-29-14-5-15-30-53)67(54-31-16-6-17-32-54)56-38-36-49(37-39-56)48-22-8-2-9-23-48/h2-43,45-47H,44H2,1H3. The van der Waals surface area contributed by atoms with Gasteiger partial charge in [-0.1, -0.05) is 213 Å². The number of hydrogen-bond donors (Lipinski definition) is 0. The topological polar surface area (TPSA) is 6.48 Å². The normalized spacial score (nSPS) is 14.6. The second-order valence-corrected chi connectivity index (χ2v) is 18.1. The van der Waals surface area contributed by atoms with E-state index in [2.05, 4.69) is 284 Å². The first-order chi connectivity index (χ1) is 33.7. The molecule has 0 N–H and O–H groups in total. The van der Waals surface area contributed by atoms with E-state index in [4.69, 9.17) is 0 Å². The van der Waals surface area contributed by atoms with Crippen molar-refractivity contribution in [1.29, 1.82) is 0 Å². The summed E-state index contributed by atoms with van der Waals surface area (Å²) in [6.45, 7) is 2.38. The number of allylic oxidation sites excluding steroid dienone is 4. The van der Waals surface area contributed by atoms with Crippen LogP contribution in [0.5, 0.6) is 0 Å². The predicted molar refractivity (Wildman–Crippen MR) is 286 cm³/mol. The van der Waals surface area contributed by atoms with E-state index in [1.165, 1.54) is 77.8 Å². The molecule has 68 heavy (non-hydrogen) atoms. The van der Waals surface area contributed by atoms with E-state index in [0.717, 1.165) is 29.2 Å². The molecule has 0 saturated heterocycles. The number of rotatable bonds is 10. The summed E-state index contributed by atoms with van der Waals surface area (Å²) in [7, 11) is 0. The molecule has 0 bridgehead atoms. The highest BCUT2D eigenvalue weighted by molar-refractivity contribution is 6.10. The van der Waals surface area contributed by atoms with Crippen molar-refractivity contribution in [2.45, 2.75) is 18.8 Å². The average Bonchev–Trinajstić information content (AvgIpc) is 3.70. The van der Waals surface area contributed by atoms with E-state index in [0.29, 0.717) is 5.92 Å². The zero-order chi connectivity index (χ0) is 45.4. The monoisotopic (exact) mass is 870 g/mol. The number of para-hydroxylation sites is 2. The van der Waals surface area contributed by atoms with Crippen LogP contribution in [0.1, 0.15) is 41.2 Å². The maximum absolute atomic E-state index is 2.59. The fourth-order valence-electron chi connectivity index (χ4n) is 11.1. The number of benzene rings is 10. The number of fused-ring (bicyclic) bond motifs is 4. The first kappa shape index (κ1) is 41.0. The molecule has 2 aliphatic carbocycles. The fraction of sp³-hybridized carbons (Fsp3) is 0.0606. The molecule has 2 heteroatoms. The van der Waals surface area contributed by atoms with Gasteiger partial charge in [0, 0.05) is 39.4 Å². The smallest absolute Gasteiger partial charge is 0.0715 e.